The first-order chi connectivity index (χ1) is 7.45. The van der Waals surface area contributed by atoms with E-state index in [0.717, 1.165) is 0 Å². The van der Waals surface area contributed by atoms with Gasteiger partial charge in [0.25, 0.3) is 0 Å². The lowest BCUT2D eigenvalue weighted by Crippen LogP contribution is -2.31. The smallest absolute Gasteiger partial charge is 0.338 e. The van der Waals surface area contributed by atoms with Crippen LogP contribution in [0.15, 0.2) is 11.3 Å². The molecule has 0 aromatic rings. The SMILES string of the molecule is CCOC(C)=C(C(=O)O)C(OCC)C(=O)O. The molecule has 92 valence electrons. The van der Waals surface area contributed by atoms with Crippen molar-refractivity contribution in [1.82, 2.24) is 0 Å². The fraction of sp³-hybridized carbons (Fsp3) is 0.600. The Balaban J connectivity index is 5.22. The van der Waals surface area contributed by atoms with E-state index in [0.29, 0.717) is 0 Å². The van der Waals surface area contributed by atoms with Gasteiger partial charge in [-0.05, 0) is 20.8 Å². The molecule has 6 heteroatoms. The second-order valence-electron chi connectivity index (χ2n) is 2.88. The van der Waals surface area contributed by atoms with E-state index in [4.69, 9.17) is 19.7 Å². The Bertz CT molecular complexity index is 294. The van der Waals surface area contributed by atoms with Crippen molar-refractivity contribution in [2.24, 2.45) is 0 Å². The zero-order valence-electron chi connectivity index (χ0n) is 9.52. The minimum absolute atomic E-state index is 0.0517. The molecule has 0 saturated heterocycles. The Labute approximate surface area is 93.5 Å². The molecule has 6 nitrogen and oxygen atoms in total. The van der Waals surface area contributed by atoms with E-state index in [2.05, 4.69) is 0 Å². The van der Waals surface area contributed by atoms with Crippen molar-refractivity contribution in [1.29, 1.82) is 0 Å². The number of hydrogen-bond acceptors (Lipinski definition) is 4. The number of aliphatic carboxylic acids is 2. The number of carboxylic acids is 2. The second-order valence-corrected chi connectivity index (χ2v) is 2.88. The van der Waals surface area contributed by atoms with Crippen LogP contribution in [0.3, 0.4) is 0 Å². The molecular formula is C10H16O6. The van der Waals surface area contributed by atoms with Gasteiger partial charge in [-0.3, -0.25) is 0 Å². The van der Waals surface area contributed by atoms with Gasteiger partial charge >= 0.3 is 11.9 Å². The van der Waals surface area contributed by atoms with Gasteiger partial charge in [-0.1, -0.05) is 0 Å². The number of allylic oxidation sites excluding steroid dienone is 1. The van der Waals surface area contributed by atoms with Gasteiger partial charge in [0.05, 0.1) is 6.61 Å². The van der Waals surface area contributed by atoms with Crippen molar-refractivity contribution >= 4 is 11.9 Å². The van der Waals surface area contributed by atoms with Gasteiger partial charge in [0.15, 0.2) is 6.10 Å². The van der Waals surface area contributed by atoms with E-state index in [1.165, 1.54) is 6.92 Å². The summed E-state index contributed by atoms with van der Waals surface area (Å²) in [6.07, 6.45) is -1.51. The maximum atomic E-state index is 11.0. The summed E-state index contributed by atoms with van der Waals surface area (Å²) in [6.45, 7) is 5.04. The van der Waals surface area contributed by atoms with Crippen molar-refractivity contribution in [3.63, 3.8) is 0 Å². The maximum absolute atomic E-state index is 11.0. The summed E-state index contributed by atoms with van der Waals surface area (Å²) in [5.74, 6) is -2.65. The van der Waals surface area contributed by atoms with Crippen LogP contribution in [-0.2, 0) is 19.1 Å². The summed E-state index contributed by atoms with van der Waals surface area (Å²) in [4.78, 5) is 21.8. The molecule has 1 unspecified atom stereocenters. The van der Waals surface area contributed by atoms with Crippen LogP contribution in [0, 0.1) is 0 Å². The summed E-state index contributed by atoms with van der Waals surface area (Å²) < 4.78 is 9.87. The largest absolute Gasteiger partial charge is 0.498 e. The molecule has 0 amide bonds. The molecule has 0 bridgehead atoms. The molecule has 1 atom stereocenters. The molecule has 16 heavy (non-hydrogen) atoms. The molecule has 0 aliphatic rings. The van der Waals surface area contributed by atoms with Gasteiger partial charge in [-0.15, -0.1) is 0 Å². The van der Waals surface area contributed by atoms with E-state index in [1.807, 2.05) is 0 Å². The highest BCUT2D eigenvalue weighted by molar-refractivity contribution is 5.95. The van der Waals surface area contributed by atoms with Crippen molar-refractivity contribution in [2.45, 2.75) is 26.9 Å². The number of carbonyl (C=O) groups is 2. The Morgan fingerprint density at radius 3 is 2.06 bits per heavy atom. The Morgan fingerprint density at radius 1 is 1.19 bits per heavy atom. The molecule has 0 fully saturated rings. The van der Waals surface area contributed by atoms with Crippen molar-refractivity contribution in [3.8, 4) is 0 Å². The summed E-state index contributed by atoms with van der Waals surface area (Å²) >= 11 is 0. The van der Waals surface area contributed by atoms with Crippen LogP contribution >= 0.6 is 0 Å². The lowest BCUT2D eigenvalue weighted by Gasteiger charge is -2.16. The summed E-state index contributed by atoms with van der Waals surface area (Å²) in [5, 5.41) is 17.8. The standard InChI is InChI=1S/C10H16O6/c1-4-15-6(3)7(9(11)12)8(10(13)14)16-5-2/h8H,4-5H2,1-3H3,(H,11,12)(H,13,14). The summed E-state index contributed by atoms with van der Waals surface area (Å²) in [5.41, 5.74) is -0.379. The van der Waals surface area contributed by atoms with Crippen molar-refractivity contribution in [2.75, 3.05) is 13.2 Å². The average Bonchev–Trinajstić information content (AvgIpc) is 2.16. The van der Waals surface area contributed by atoms with Crippen molar-refractivity contribution in [3.05, 3.63) is 11.3 Å². The van der Waals surface area contributed by atoms with Gasteiger partial charge in [0.2, 0.25) is 0 Å². The Hall–Kier alpha value is -1.56. The fourth-order valence-corrected chi connectivity index (χ4v) is 1.19. The Kier molecular flexibility index (Phi) is 6.17. The minimum Gasteiger partial charge on any atom is -0.498 e. The molecule has 0 saturated carbocycles. The first kappa shape index (κ1) is 14.4. The van der Waals surface area contributed by atoms with E-state index in [-0.39, 0.29) is 24.5 Å². The van der Waals surface area contributed by atoms with E-state index in [1.54, 1.807) is 13.8 Å². The van der Waals surface area contributed by atoms with Gasteiger partial charge in [0, 0.05) is 6.61 Å². The molecule has 0 heterocycles. The molecule has 0 aliphatic carbocycles. The number of rotatable bonds is 7. The normalized spacial score (nSPS) is 13.9. The predicted octanol–water partition coefficient (Wildman–Crippen LogP) is 0.871. The van der Waals surface area contributed by atoms with E-state index < -0.39 is 18.0 Å². The maximum Gasteiger partial charge on any atom is 0.338 e. The fourth-order valence-electron chi connectivity index (χ4n) is 1.19. The molecule has 0 aromatic heterocycles. The lowest BCUT2D eigenvalue weighted by molar-refractivity contribution is -0.151. The van der Waals surface area contributed by atoms with Crippen molar-refractivity contribution < 1.29 is 29.3 Å². The summed E-state index contributed by atoms with van der Waals surface area (Å²) in [7, 11) is 0. The third-order valence-corrected chi connectivity index (χ3v) is 1.79. The first-order valence-corrected chi connectivity index (χ1v) is 4.86. The zero-order valence-corrected chi connectivity index (χ0v) is 9.52. The number of ether oxygens (including phenoxy) is 2. The lowest BCUT2D eigenvalue weighted by atomic mass is 10.1. The molecule has 0 aliphatic heterocycles. The van der Waals surface area contributed by atoms with Gasteiger partial charge in [0.1, 0.15) is 11.3 Å². The topological polar surface area (TPSA) is 93.1 Å². The monoisotopic (exact) mass is 232 g/mol. The number of hydrogen-bond donors (Lipinski definition) is 2. The summed E-state index contributed by atoms with van der Waals surface area (Å²) in [6, 6.07) is 0. The van der Waals surface area contributed by atoms with Crippen LogP contribution in [0.25, 0.3) is 0 Å². The van der Waals surface area contributed by atoms with Gasteiger partial charge in [-0.25, -0.2) is 9.59 Å². The molecule has 0 aromatic carbocycles. The molecule has 0 rings (SSSR count). The molecule has 0 spiro atoms. The second kappa shape index (κ2) is 6.84. The molecular weight excluding hydrogens is 216 g/mol. The van der Waals surface area contributed by atoms with Crippen LogP contribution in [0.1, 0.15) is 20.8 Å². The van der Waals surface area contributed by atoms with Gasteiger partial charge < -0.3 is 19.7 Å². The third kappa shape index (κ3) is 3.90. The average molecular weight is 232 g/mol. The van der Waals surface area contributed by atoms with Crippen LogP contribution in [0.2, 0.25) is 0 Å². The van der Waals surface area contributed by atoms with Gasteiger partial charge in [-0.2, -0.15) is 0 Å². The first-order valence-electron chi connectivity index (χ1n) is 4.86. The predicted molar refractivity (Wildman–Crippen MR) is 55.0 cm³/mol. The highest BCUT2D eigenvalue weighted by Crippen LogP contribution is 2.14. The van der Waals surface area contributed by atoms with Crippen LogP contribution in [0.4, 0.5) is 0 Å². The van der Waals surface area contributed by atoms with Crippen LogP contribution in [-0.4, -0.2) is 41.5 Å². The molecule has 2 N–H and O–H groups in total. The van der Waals surface area contributed by atoms with Crippen LogP contribution in [0.5, 0.6) is 0 Å². The number of carboxylic acid groups (broad SMARTS) is 2. The molecule has 0 radical (unpaired) electrons. The van der Waals surface area contributed by atoms with E-state index >= 15 is 0 Å². The highest BCUT2D eigenvalue weighted by atomic mass is 16.5. The third-order valence-electron chi connectivity index (χ3n) is 1.79. The van der Waals surface area contributed by atoms with Crippen LogP contribution < -0.4 is 0 Å². The highest BCUT2D eigenvalue weighted by Gasteiger charge is 2.30. The zero-order chi connectivity index (χ0) is 12.7. The Morgan fingerprint density at radius 2 is 1.75 bits per heavy atom. The quantitative estimate of drug-likeness (QED) is 0.499. The minimum atomic E-state index is -1.51. The van der Waals surface area contributed by atoms with E-state index in [9.17, 15) is 9.59 Å².